The average molecular weight is 599 g/mol. The summed E-state index contributed by atoms with van der Waals surface area (Å²) in [6.07, 6.45) is 3.57. The van der Waals surface area contributed by atoms with Gasteiger partial charge in [-0.1, -0.05) is 22.0 Å². The van der Waals surface area contributed by atoms with Gasteiger partial charge in [-0.3, -0.25) is 0 Å². The van der Waals surface area contributed by atoms with Gasteiger partial charge in [-0.15, -0.1) is 0 Å². The third-order valence-corrected chi connectivity index (χ3v) is 6.86. The molecule has 0 N–H and O–H groups in total. The fourth-order valence-corrected chi connectivity index (χ4v) is 3.74. The third kappa shape index (κ3) is 15.8. The molecule has 1 radical (unpaired) electrons. The van der Waals surface area contributed by atoms with Gasteiger partial charge in [0.2, 0.25) is 11.1 Å². The standard InChI is InChI=1S/C15H20BrNO.C15H21NO.BHNS/c1-11-9-13(10-12(2)14(11)16)18-8-6-7-15(3,4)17-5;1-12-9-13(2)11-14(10-12)17-8-6-7-15(3,4)16-5;1-2-3/h9-10H,6-8H2,1-4H3;9-11H,6-8H2,1-4H3;3H. The molecule has 0 spiro atoms. The molecule has 0 unspecified atom stereocenters. The average Bonchev–Trinajstić information content (AvgIpc) is 2.83. The second kappa shape index (κ2) is 18.1. The van der Waals surface area contributed by atoms with E-state index in [4.69, 9.17) is 22.6 Å². The van der Waals surface area contributed by atoms with Crippen molar-refractivity contribution >= 4 is 36.4 Å². The number of nitrogens with zero attached hydrogens (tertiary/aromatic N) is 3. The van der Waals surface area contributed by atoms with Crippen molar-refractivity contribution in [2.45, 2.75) is 92.2 Å². The first-order valence-electron chi connectivity index (χ1n) is 12.6. The van der Waals surface area contributed by atoms with Gasteiger partial charge in [-0.05, 0) is 87.1 Å². The maximum Gasteiger partial charge on any atom is 0.227 e. The van der Waals surface area contributed by atoms with E-state index in [1.165, 1.54) is 22.3 Å². The molecule has 0 saturated heterocycles. The van der Waals surface area contributed by atoms with Crippen molar-refractivity contribution in [3.05, 3.63) is 79.9 Å². The van der Waals surface area contributed by atoms with Crippen molar-refractivity contribution in [1.29, 1.82) is 0 Å². The summed E-state index contributed by atoms with van der Waals surface area (Å²) in [6, 6.07) is 10.3. The maximum absolute atomic E-state index is 7.06. The minimum atomic E-state index is -0.269. The number of thiol groups is 1. The molecule has 0 heterocycles. The zero-order chi connectivity index (χ0) is 29.4. The van der Waals surface area contributed by atoms with Crippen molar-refractivity contribution in [2.24, 2.45) is 4.30 Å². The van der Waals surface area contributed by atoms with Crippen LogP contribution in [0.4, 0.5) is 0 Å². The quantitative estimate of drug-likeness (QED) is 0.128. The molecule has 0 atom stereocenters. The number of rotatable bonds is 10. The molecule has 0 aliphatic rings. The number of halogens is 1. The Morgan fingerprint density at radius 3 is 1.47 bits per heavy atom. The van der Waals surface area contributed by atoms with Gasteiger partial charge in [-0.2, -0.15) is 0 Å². The molecule has 0 bridgehead atoms. The normalized spacial score (nSPS) is 10.5. The van der Waals surface area contributed by atoms with Gasteiger partial charge in [0, 0.05) is 45.0 Å². The van der Waals surface area contributed by atoms with Gasteiger partial charge < -0.3 is 19.2 Å². The second-order valence-electron chi connectivity index (χ2n) is 10.6. The van der Waals surface area contributed by atoms with Crippen LogP contribution in [0.5, 0.6) is 11.5 Å². The van der Waals surface area contributed by atoms with Crippen LogP contribution in [0.3, 0.4) is 0 Å². The Kier molecular flexibility index (Phi) is 17.0. The van der Waals surface area contributed by atoms with E-state index in [1.54, 1.807) is 0 Å². The molecule has 2 aromatic carbocycles. The number of hydrogen-bond acceptors (Lipinski definition) is 4. The number of benzene rings is 2. The van der Waals surface area contributed by atoms with E-state index in [0.29, 0.717) is 13.2 Å². The molecule has 0 aromatic heterocycles. The summed E-state index contributed by atoms with van der Waals surface area (Å²) in [7, 11) is 4.34. The van der Waals surface area contributed by atoms with Gasteiger partial charge in [0.1, 0.15) is 11.5 Å². The van der Waals surface area contributed by atoms with Crippen LogP contribution < -0.4 is 9.47 Å². The molecule has 2 rings (SSSR count). The summed E-state index contributed by atoms with van der Waals surface area (Å²) in [4.78, 5) is 7.18. The van der Waals surface area contributed by atoms with Crippen molar-refractivity contribution in [1.82, 2.24) is 0 Å². The van der Waals surface area contributed by atoms with Gasteiger partial charge >= 0.3 is 24.8 Å². The molecule has 205 valence electrons. The van der Waals surface area contributed by atoms with E-state index in [0.717, 1.165) is 41.7 Å². The molecule has 0 fully saturated rings. The molecule has 0 aliphatic heterocycles. The summed E-state index contributed by atoms with van der Waals surface area (Å²) in [5, 5.41) is 0. The number of hydrogen-bond donors (Lipinski definition) is 1. The van der Waals surface area contributed by atoms with Crippen LogP contribution >= 0.6 is 28.7 Å². The Bertz CT molecular complexity index is 1060. The van der Waals surface area contributed by atoms with Crippen molar-refractivity contribution in [3.63, 3.8) is 0 Å². The first kappa shape index (κ1) is 35.7. The predicted molar refractivity (Wildman–Crippen MR) is 168 cm³/mol. The summed E-state index contributed by atoms with van der Waals surface area (Å²) in [6.45, 7) is 31.6. The third-order valence-electron chi connectivity index (χ3n) is 5.61. The molecule has 0 saturated carbocycles. The van der Waals surface area contributed by atoms with Crippen molar-refractivity contribution in [3.8, 4) is 11.5 Å². The Labute approximate surface area is 246 Å². The second-order valence-corrected chi connectivity index (χ2v) is 11.6. The van der Waals surface area contributed by atoms with Crippen LogP contribution in [-0.4, -0.2) is 31.9 Å². The SMILES string of the molecule is [B]=NS.[C-]#[N+]C(C)(C)CCCOc1cc(C)c(Br)c(C)c1.[C-]#[N+]C(C)(C)CCCOc1cc(C)cc(C)c1. The molecule has 0 amide bonds. The zero-order valence-corrected chi connectivity index (χ0v) is 26.7. The van der Waals surface area contributed by atoms with Crippen LogP contribution in [0.25, 0.3) is 9.69 Å². The molecular formula is C30H42BBrN3O2S. The Morgan fingerprint density at radius 2 is 1.13 bits per heavy atom. The van der Waals surface area contributed by atoms with E-state index in [1.807, 2.05) is 52.0 Å². The molecule has 38 heavy (non-hydrogen) atoms. The summed E-state index contributed by atoms with van der Waals surface area (Å²) in [5.74, 6) is 1.84. The van der Waals surface area contributed by atoms with Crippen LogP contribution in [0.15, 0.2) is 39.1 Å². The van der Waals surface area contributed by atoms with E-state index >= 15 is 0 Å². The van der Waals surface area contributed by atoms with Gasteiger partial charge in [0.05, 0.1) is 13.2 Å². The van der Waals surface area contributed by atoms with Crippen LogP contribution in [-0.2, 0) is 0 Å². The molecule has 0 aliphatic carbocycles. The first-order valence-corrected chi connectivity index (χ1v) is 13.8. The minimum absolute atomic E-state index is 0.258. The summed E-state index contributed by atoms with van der Waals surface area (Å²) >= 11 is 6.73. The molecule has 2 aromatic rings. The number of ether oxygens (including phenoxy) is 2. The Balaban J connectivity index is 0.000000654. The van der Waals surface area contributed by atoms with Gasteiger partial charge in [-0.25, -0.2) is 13.1 Å². The zero-order valence-electron chi connectivity index (χ0n) is 24.2. The van der Waals surface area contributed by atoms with E-state index < -0.39 is 0 Å². The van der Waals surface area contributed by atoms with Crippen molar-refractivity contribution in [2.75, 3.05) is 13.2 Å². The Hall–Kier alpha value is -2.29. The molecule has 5 nitrogen and oxygen atoms in total. The first-order chi connectivity index (χ1) is 17.7. The smallest absolute Gasteiger partial charge is 0.227 e. The molecule has 8 heteroatoms. The van der Waals surface area contributed by atoms with Crippen molar-refractivity contribution < 1.29 is 9.47 Å². The topological polar surface area (TPSA) is 39.5 Å². The maximum atomic E-state index is 7.06. The fourth-order valence-electron chi connectivity index (χ4n) is 3.51. The largest absolute Gasteiger partial charge is 0.494 e. The van der Waals surface area contributed by atoms with E-state index in [2.05, 4.69) is 84.1 Å². The summed E-state index contributed by atoms with van der Waals surface area (Å²) < 4.78 is 15.3. The van der Waals surface area contributed by atoms with Crippen LogP contribution in [0, 0.1) is 40.8 Å². The van der Waals surface area contributed by atoms with E-state index in [9.17, 15) is 0 Å². The molecular weight excluding hydrogens is 557 g/mol. The van der Waals surface area contributed by atoms with Crippen LogP contribution in [0.1, 0.15) is 75.6 Å². The Morgan fingerprint density at radius 1 is 0.789 bits per heavy atom. The van der Waals surface area contributed by atoms with Gasteiger partial charge in [0.15, 0.2) is 0 Å². The monoisotopic (exact) mass is 598 g/mol. The fraction of sp³-hybridized carbons (Fsp3) is 0.533. The predicted octanol–water partition coefficient (Wildman–Crippen LogP) is 9.27. The van der Waals surface area contributed by atoms with E-state index in [-0.39, 0.29) is 11.1 Å². The number of aryl methyl sites for hydroxylation is 4. The summed E-state index contributed by atoms with van der Waals surface area (Å²) in [5.41, 5.74) is 4.29. The van der Waals surface area contributed by atoms with Gasteiger partial charge in [0.25, 0.3) is 0 Å². The minimum Gasteiger partial charge on any atom is -0.494 e. The van der Waals surface area contributed by atoms with Crippen LogP contribution in [0.2, 0.25) is 0 Å².